The molecule has 50 valence electrons. The van der Waals surface area contributed by atoms with Crippen molar-refractivity contribution in [1.29, 1.82) is 0 Å². The van der Waals surface area contributed by atoms with Crippen LogP contribution in [-0.2, 0) is 14.3 Å². The van der Waals surface area contributed by atoms with E-state index in [0.717, 1.165) is 0 Å². The summed E-state index contributed by atoms with van der Waals surface area (Å²) in [5, 5.41) is 0. The first-order valence-electron chi connectivity index (χ1n) is 2.95. The van der Waals surface area contributed by atoms with Crippen LogP contribution in [0.2, 0.25) is 0 Å². The van der Waals surface area contributed by atoms with Crippen LogP contribution in [0.1, 0.15) is 13.3 Å². The van der Waals surface area contributed by atoms with E-state index in [1.807, 2.05) is 0 Å². The number of cyclic esters (lactones) is 1. The molecular weight excluding hydrogens is 120 g/mol. The van der Waals surface area contributed by atoms with Crippen molar-refractivity contribution in [3.05, 3.63) is 0 Å². The number of esters is 1. The van der Waals surface area contributed by atoms with Gasteiger partial charge in [-0.15, -0.1) is 0 Å². The molecule has 0 N–H and O–H groups in total. The molecule has 1 fully saturated rings. The summed E-state index contributed by atoms with van der Waals surface area (Å²) < 4.78 is 4.41. The minimum Gasteiger partial charge on any atom is -0.464 e. The molecule has 1 aliphatic heterocycles. The number of rotatable bonds is 2. The van der Waals surface area contributed by atoms with E-state index in [4.69, 9.17) is 0 Å². The Hall–Kier alpha value is -0.860. The SMILES string of the molecule is CCC(=O)C1COC1=O. The quantitative estimate of drug-likeness (QED) is 0.392. The third kappa shape index (κ3) is 0.943. The van der Waals surface area contributed by atoms with Crippen LogP contribution in [0.15, 0.2) is 0 Å². The van der Waals surface area contributed by atoms with Gasteiger partial charge in [0.2, 0.25) is 0 Å². The summed E-state index contributed by atoms with van der Waals surface area (Å²) in [6, 6.07) is 0. The molecule has 3 nitrogen and oxygen atoms in total. The van der Waals surface area contributed by atoms with Crippen LogP contribution in [0.5, 0.6) is 0 Å². The van der Waals surface area contributed by atoms with E-state index in [1.54, 1.807) is 6.92 Å². The highest BCUT2D eigenvalue weighted by Crippen LogP contribution is 2.14. The molecule has 1 atom stereocenters. The van der Waals surface area contributed by atoms with Crippen molar-refractivity contribution in [2.75, 3.05) is 6.61 Å². The molecule has 9 heavy (non-hydrogen) atoms. The van der Waals surface area contributed by atoms with Gasteiger partial charge in [-0.1, -0.05) is 6.92 Å². The van der Waals surface area contributed by atoms with E-state index in [0.29, 0.717) is 13.0 Å². The Bertz CT molecular complexity index is 150. The highest BCUT2D eigenvalue weighted by molar-refractivity contribution is 6.01. The van der Waals surface area contributed by atoms with Gasteiger partial charge in [-0.2, -0.15) is 0 Å². The number of ketones is 1. The van der Waals surface area contributed by atoms with E-state index >= 15 is 0 Å². The van der Waals surface area contributed by atoms with Crippen LogP contribution < -0.4 is 0 Å². The molecule has 0 aromatic rings. The molecule has 0 aliphatic carbocycles. The molecule has 0 amide bonds. The molecule has 1 aliphatic rings. The zero-order valence-electron chi connectivity index (χ0n) is 5.22. The standard InChI is InChI=1S/C6H8O3/c1-2-5(7)4-3-9-6(4)8/h4H,2-3H2,1H3. The second kappa shape index (κ2) is 2.17. The molecule has 1 saturated heterocycles. The Morgan fingerprint density at radius 1 is 1.89 bits per heavy atom. The first-order valence-corrected chi connectivity index (χ1v) is 2.95. The molecule has 1 heterocycles. The molecule has 3 heteroatoms. The predicted molar refractivity (Wildman–Crippen MR) is 29.7 cm³/mol. The largest absolute Gasteiger partial charge is 0.464 e. The van der Waals surface area contributed by atoms with Gasteiger partial charge in [0, 0.05) is 6.42 Å². The zero-order valence-corrected chi connectivity index (χ0v) is 5.22. The van der Waals surface area contributed by atoms with E-state index in [-0.39, 0.29) is 11.8 Å². The topological polar surface area (TPSA) is 43.4 Å². The lowest BCUT2D eigenvalue weighted by atomic mass is 10.0. The van der Waals surface area contributed by atoms with Crippen LogP contribution in [0.3, 0.4) is 0 Å². The van der Waals surface area contributed by atoms with Crippen molar-refractivity contribution in [2.45, 2.75) is 13.3 Å². The molecule has 0 radical (unpaired) electrons. The monoisotopic (exact) mass is 128 g/mol. The number of carbonyl (C=O) groups excluding carboxylic acids is 2. The highest BCUT2D eigenvalue weighted by Gasteiger charge is 2.35. The van der Waals surface area contributed by atoms with Gasteiger partial charge in [-0.05, 0) is 0 Å². The lowest BCUT2D eigenvalue weighted by Gasteiger charge is -2.22. The summed E-state index contributed by atoms with van der Waals surface area (Å²) >= 11 is 0. The molecule has 0 spiro atoms. The number of hydrogen-bond donors (Lipinski definition) is 0. The molecule has 0 bridgehead atoms. The Morgan fingerprint density at radius 3 is 2.67 bits per heavy atom. The van der Waals surface area contributed by atoms with Gasteiger partial charge in [0.05, 0.1) is 0 Å². The summed E-state index contributed by atoms with van der Waals surface area (Å²) in [5.74, 6) is -0.803. The van der Waals surface area contributed by atoms with Crippen molar-refractivity contribution in [2.24, 2.45) is 5.92 Å². The van der Waals surface area contributed by atoms with E-state index in [1.165, 1.54) is 0 Å². The van der Waals surface area contributed by atoms with Crippen LogP contribution >= 0.6 is 0 Å². The maximum absolute atomic E-state index is 10.7. The van der Waals surface area contributed by atoms with Crippen LogP contribution in [0, 0.1) is 5.92 Å². The van der Waals surface area contributed by atoms with Crippen LogP contribution in [0.4, 0.5) is 0 Å². The van der Waals surface area contributed by atoms with Gasteiger partial charge in [-0.25, -0.2) is 0 Å². The third-order valence-electron chi connectivity index (χ3n) is 1.41. The summed E-state index contributed by atoms with van der Waals surface area (Å²) in [5.41, 5.74) is 0. The van der Waals surface area contributed by atoms with Crippen molar-refractivity contribution >= 4 is 11.8 Å². The highest BCUT2D eigenvalue weighted by atomic mass is 16.6. The zero-order chi connectivity index (χ0) is 6.85. The fourth-order valence-electron chi connectivity index (χ4n) is 0.705. The number of carbonyl (C=O) groups is 2. The van der Waals surface area contributed by atoms with Crippen molar-refractivity contribution in [1.82, 2.24) is 0 Å². The normalized spacial score (nSPS) is 24.6. The average Bonchev–Trinajstić information content (AvgIpc) is 1.84. The van der Waals surface area contributed by atoms with Gasteiger partial charge < -0.3 is 4.74 Å². The van der Waals surface area contributed by atoms with Crippen LogP contribution in [0.25, 0.3) is 0 Å². The van der Waals surface area contributed by atoms with Crippen molar-refractivity contribution in [3.8, 4) is 0 Å². The minimum atomic E-state index is -0.435. The minimum absolute atomic E-state index is 0.00810. The molecule has 1 unspecified atom stereocenters. The Balaban J connectivity index is 2.44. The average molecular weight is 128 g/mol. The molecule has 1 rings (SSSR count). The molecule has 0 saturated carbocycles. The Labute approximate surface area is 53.0 Å². The first kappa shape index (κ1) is 6.26. The lowest BCUT2D eigenvalue weighted by Crippen LogP contribution is -2.40. The smallest absolute Gasteiger partial charge is 0.320 e. The second-order valence-corrected chi connectivity index (χ2v) is 2.00. The predicted octanol–water partition coefficient (Wildman–Crippen LogP) is 0.139. The number of ether oxygens (including phenoxy) is 1. The van der Waals surface area contributed by atoms with Gasteiger partial charge in [0.15, 0.2) is 0 Å². The Kier molecular flexibility index (Phi) is 1.51. The first-order chi connectivity index (χ1) is 4.25. The second-order valence-electron chi connectivity index (χ2n) is 2.00. The fraction of sp³-hybridized carbons (Fsp3) is 0.667. The van der Waals surface area contributed by atoms with Gasteiger partial charge in [-0.3, -0.25) is 9.59 Å². The maximum atomic E-state index is 10.7. The number of Topliss-reactive ketones (excluding diaryl/α,β-unsaturated/α-hetero) is 1. The lowest BCUT2D eigenvalue weighted by molar-refractivity contribution is -0.171. The van der Waals surface area contributed by atoms with Gasteiger partial charge in [0.1, 0.15) is 18.3 Å². The molecule has 0 aromatic heterocycles. The van der Waals surface area contributed by atoms with Crippen LogP contribution in [-0.4, -0.2) is 18.4 Å². The summed E-state index contributed by atoms with van der Waals surface area (Å²) in [6.07, 6.45) is 0.430. The van der Waals surface area contributed by atoms with Gasteiger partial charge >= 0.3 is 5.97 Å². The molecular formula is C6H8O3. The Morgan fingerprint density at radius 2 is 2.56 bits per heavy atom. The summed E-state index contributed by atoms with van der Waals surface area (Å²) in [6.45, 7) is 2.04. The van der Waals surface area contributed by atoms with Gasteiger partial charge in [0.25, 0.3) is 0 Å². The van der Waals surface area contributed by atoms with Crippen molar-refractivity contribution < 1.29 is 14.3 Å². The summed E-state index contributed by atoms with van der Waals surface area (Å²) in [7, 11) is 0. The van der Waals surface area contributed by atoms with E-state index in [2.05, 4.69) is 4.74 Å². The number of hydrogen-bond acceptors (Lipinski definition) is 3. The van der Waals surface area contributed by atoms with E-state index in [9.17, 15) is 9.59 Å². The maximum Gasteiger partial charge on any atom is 0.320 e. The summed E-state index contributed by atoms with van der Waals surface area (Å²) in [4.78, 5) is 21.1. The van der Waals surface area contributed by atoms with Crippen molar-refractivity contribution in [3.63, 3.8) is 0 Å². The van der Waals surface area contributed by atoms with E-state index < -0.39 is 5.92 Å². The third-order valence-corrected chi connectivity index (χ3v) is 1.41. The fourth-order valence-corrected chi connectivity index (χ4v) is 0.705. The molecule has 0 aromatic carbocycles.